The summed E-state index contributed by atoms with van der Waals surface area (Å²) in [5, 5.41) is 2.98. The minimum absolute atomic E-state index is 0.00854. The van der Waals surface area contributed by atoms with Crippen molar-refractivity contribution in [1.29, 1.82) is 0 Å². The molecule has 0 aliphatic carbocycles. The Hall–Kier alpha value is -2.53. The summed E-state index contributed by atoms with van der Waals surface area (Å²) in [7, 11) is 1.43. The number of halogens is 1. The Bertz CT molecular complexity index is 838. The van der Waals surface area contributed by atoms with Crippen molar-refractivity contribution < 1.29 is 19.1 Å². The highest BCUT2D eigenvalue weighted by atomic mass is 35.5. The van der Waals surface area contributed by atoms with E-state index in [1.54, 1.807) is 19.1 Å². The maximum Gasteiger partial charge on any atom is 0.341 e. The molecular formula is C21H24ClNO4. The third-order valence-corrected chi connectivity index (χ3v) is 4.36. The fourth-order valence-corrected chi connectivity index (χ4v) is 2.71. The SMILES string of the molecule is CCOC(=O)c1cc(Cl)c(NC(=O)c2ccc(C(C)(C)C)cc2)cc1OC. The molecule has 0 unspecified atom stereocenters. The number of hydrogen-bond donors (Lipinski definition) is 1. The standard InChI is InChI=1S/C21H24ClNO4/c1-6-27-20(25)15-11-16(22)17(12-18(15)26-5)23-19(24)13-7-9-14(10-8-13)21(2,3)4/h7-12H,6H2,1-5H3,(H,23,24). The highest BCUT2D eigenvalue weighted by molar-refractivity contribution is 6.34. The molecule has 5 nitrogen and oxygen atoms in total. The fourth-order valence-electron chi connectivity index (χ4n) is 2.50. The number of carbonyl (C=O) groups is 2. The minimum Gasteiger partial charge on any atom is -0.496 e. The number of hydrogen-bond acceptors (Lipinski definition) is 4. The smallest absolute Gasteiger partial charge is 0.341 e. The lowest BCUT2D eigenvalue weighted by Crippen LogP contribution is -2.15. The van der Waals surface area contributed by atoms with Gasteiger partial charge in [-0.15, -0.1) is 0 Å². The molecule has 0 aliphatic rings. The molecule has 2 aromatic carbocycles. The van der Waals surface area contributed by atoms with Crippen molar-refractivity contribution in [3.05, 3.63) is 58.1 Å². The number of amides is 1. The Labute approximate surface area is 164 Å². The molecule has 6 heteroatoms. The lowest BCUT2D eigenvalue weighted by Gasteiger charge is -2.19. The lowest BCUT2D eigenvalue weighted by atomic mass is 9.87. The van der Waals surface area contributed by atoms with Crippen molar-refractivity contribution in [3.8, 4) is 5.75 Å². The Balaban J connectivity index is 2.26. The van der Waals surface area contributed by atoms with E-state index in [1.807, 2.05) is 12.1 Å². The Kier molecular flexibility index (Phi) is 6.50. The molecule has 0 spiro atoms. The second kappa shape index (κ2) is 8.44. The van der Waals surface area contributed by atoms with Crippen LogP contribution in [-0.4, -0.2) is 25.6 Å². The maximum absolute atomic E-state index is 12.5. The van der Waals surface area contributed by atoms with Crippen LogP contribution in [0.3, 0.4) is 0 Å². The number of benzene rings is 2. The molecule has 144 valence electrons. The first-order chi connectivity index (χ1) is 12.7. The van der Waals surface area contributed by atoms with Crippen LogP contribution >= 0.6 is 11.6 Å². The van der Waals surface area contributed by atoms with E-state index in [-0.39, 0.29) is 34.3 Å². The summed E-state index contributed by atoms with van der Waals surface area (Å²) in [5.41, 5.74) is 2.21. The van der Waals surface area contributed by atoms with Gasteiger partial charge in [0.1, 0.15) is 11.3 Å². The summed E-state index contributed by atoms with van der Waals surface area (Å²) in [6.07, 6.45) is 0. The molecule has 0 atom stereocenters. The Morgan fingerprint density at radius 1 is 1.11 bits per heavy atom. The molecule has 27 heavy (non-hydrogen) atoms. The van der Waals surface area contributed by atoms with Gasteiger partial charge in [-0.1, -0.05) is 44.5 Å². The Morgan fingerprint density at radius 3 is 2.26 bits per heavy atom. The van der Waals surface area contributed by atoms with Crippen molar-refractivity contribution in [2.24, 2.45) is 0 Å². The molecule has 0 heterocycles. The monoisotopic (exact) mass is 389 g/mol. The van der Waals surface area contributed by atoms with Gasteiger partial charge in [0.25, 0.3) is 5.91 Å². The van der Waals surface area contributed by atoms with Crippen LogP contribution in [0.25, 0.3) is 0 Å². The first kappa shape index (κ1) is 20.8. The highest BCUT2D eigenvalue weighted by Gasteiger charge is 2.19. The number of rotatable bonds is 5. The summed E-state index contributed by atoms with van der Waals surface area (Å²) in [6.45, 7) is 8.28. The first-order valence-corrected chi connectivity index (χ1v) is 9.01. The molecule has 0 aromatic heterocycles. The van der Waals surface area contributed by atoms with Crippen LogP contribution in [0.4, 0.5) is 5.69 Å². The third-order valence-electron chi connectivity index (χ3n) is 4.05. The van der Waals surface area contributed by atoms with E-state index in [0.717, 1.165) is 5.56 Å². The molecule has 0 saturated carbocycles. The molecule has 0 fully saturated rings. The summed E-state index contributed by atoms with van der Waals surface area (Å²) in [5.74, 6) is -0.563. The number of methoxy groups -OCH3 is 1. The zero-order valence-electron chi connectivity index (χ0n) is 16.2. The van der Waals surface area contributed by atoms with Gasteiger partial charge in [0, 0.05) is 11.6 Å². The normalized spacial score (nSPS) is 11.0. The number of esters is 1. The summed E-state index contributed by atoms with van der Waals surface area (Å²) in [6, 6.07) is 10.3. The quantitative estimate of drug-likeness (QED) is 0.724. The summed E-state index contributed by atoms with van der Waals surface area (Å²) >= 11 is 6.24. The topological polar surface area (TPSA) is 64.6 Å². The highest BCUT2D eigenvalue weighted by Crippen LogP contribution is 2.32. The van der Waals surface area contributed by atoms with Gasteiger partial charge < -0.3 is 14.8 Å². The predicted molar refractivity (Wildman–Crippen MR) is 107 cm³/mol. The zero-order chi connectivity index (χ0) is 20.2. The van der Waals surface area contributed by atoms with Gasteiger partial charge >= 0.3 is 5.97 Å². The summed E-state index contributed by atoms with van der Waals surface area (Å²) in [4.78, 5) is 24.5. The van der Waals surface area contributed by atoms with E-state index < -0.39 is 5.97 Å². The minimum atomic E-state index is -0.535. The molecular weight excluding hydrogens is 366 g/mol. The van der Waals surface area contributed by atoms with Crippen molar-refractivity contribution >= 4 is 29.2 Å². The Morgan fingerprint density at radius 2 is 1.74 bits per heavy atom. The van der Waals surface area contributed by atoms with Crippen molar-refractivity contribution in [1.82, 2.24) is 0 Å². The zero-order valence-corrected chi connectivity index (χ0v) is 16.9. The van der Waals surface area contributed by atoms with Gasteiger partial charge in [-0.05, 0) is 36.1 Å². The number of nitrogens with one attached hydrogen (secondary N) is 1. The summed E-state index contributed by atoms with van der Waals surface area (Å²) < 4.78 is 10.2. The van der Waals surface area contributed by atoms with Gasteiger partial charge in [-0.3, -0.25) is 4.79 Å². The molecule has 0 radical (unpaired) electrons. The van der Waals surface area contributed by atoms with Crippen LogP contribution in [0.1, 0.15) is 54.0 Å². The second-order valence-electron chi connectivity index (χ2n) is 7.03. The molecule has 2 aromatic rings. The molecule has 1 amide bonds. The van der Waals surface area contributed by atoms with Crippen LogP contribution in [0.2, 0.25) is 5.02 Å². The lowest BCUT2D eigenvalue weighted by molar-refractivity contribution is 0.0522. The average Bonchev–Trinajstić information content (AvgIpc) is 2.62. The molecule has 0 aliphatic heterocycles. The van der Waals surface area contributed by atoms with Crippen molar-refractivity contribution in [2.75, 3.05) is 19.0 Å². The van der Waals surface area contributed by atoms with Crippen LogP contribution in [-0.2, 0) is 10.2 Å². The van der Waals surface area contributed by atoms with Gasteiger partial charge in [0.05, 0.1) is 24.4 Å². The van der Waals surface area contributed by atoms with Gasteiger partial charge in [0.2, 0.25) is 0 Å². The van der Waals surface area contributed by atoms with Crippen LogP contribution in [0, 0.1) is 0 Å². The van der Waals surface area contributed by atoms with Gasteiger partial charge in [-0.25, -0.2) is 4.79 Å². The van der Waals surface area contributed by atoms with E-state index in [2.05, 4.69) is 26.1 Å². The van der Waals surface area contributed by atoms with E-state index in [4.69, 9.17) is 21.1 Å². The maximum atomic E-state index is 12.5. The molecule has 0 saturated heterocycles. The van der Waals surface area contributed by atoms with Crippen LogP contribution < -0.4 is 10.1 Å². The van der Waals surface area contributed by atoms with E-state index in [1.165, 1.54) is 19.2 Å². The van der Waals surface area contributed by atoms with Crippen molar-refractivity contribution in [3.63, 3.8) is 0 Å². The van der Waals surface area contributed by atoms with Crippen LogP contribution in [0.15, 0.2) is 36.4 Å². The molecule has 1 N–H and O–H groups in total. The second-order valence-corrected chi connectivity index (χ2v) is 7.44. The number of anilines is 1. The predicted octanol–water partition coefficient (Wildman–Crippen LogP) is 5.08. The molecule has 2 rings (SSSR count). The largest absolute Gasteiger partial charge is 0.496 e. The number of carbonyl (C=O) groups excluding carboxylic acids is 2. The van der Waals surface area contributed by atoms with Gasteiger partial charge in [-0.2, -0.15) is 0 Å². The fraction of sp³-hybridized carbons (Fsp3) is 0.333. The average molecular weight is 390 g/mol. The van der Waals surface area contributed by atoms with Gasteiger partial charge in [0.15, 0.2) is 0 Å². The third kappa shape index (κ3) is 5.01. The van der Waals surface area contributed by atoms with Crippen molar-refractivity contribution in [2.45, 2.75) is 33.1 Å². The van der Waals surface area contributed by atoms with Crippen LogP contribution in [0.5, 0.6) is 5.75 Å². The van der Waals surface area contributed by atoms with E-state index in [9.17, 15) is 9.59 Å². The first-order valence-electron chi connectivity index (χ1n) is 8.64. The van der Waals surface area contributed by atoms with E-state index in [0.29, 0.717) is 11.3 Å². The molecule has 0 bridgehead atoms. The number of ether oxygens (including phenoxy) is 2. The van der Waals surface area contributed by atoms with E-state index >= 15 is 0 Å².